The molecule has 0 amide bonds. The van der Waals surface area contributed by atoms with Gasteiger partial charge in [-0.05, 0) is 32.2 Å². The van der Waals surface area contributed by atoms with Crippen molar-refractivity contribution in [2.75, 3.05) is 6.54 Å². The van der Waals surface area contributed by atoms with Crippen molar-refractivity contribution in [3.05, 3.63) is 17.5 Å². The summed E-state index contributed by atoms with van der Waals surface area (Å²) in [4.78, 5) is 0. The van der Waals surface area contributed by atoms with Crippen LogP contribution in [0.4, 0.5) is 0 Å². The Balaban J connectivity index is 2.74. The van der Waals surface area contributed by atoms with Crippen LogP contribution in [0.3, 0.4) is 0 Å². The molecule has 104 valence electrons. The van der Waals surface area contributed by atoms with Crippen molar-refractivity contribution in [1.82, 2.24) is 15.1 Å². The molecule has 0 aliphatic carbocycles. The quantitative estimate of drug-likeness (QED) is 0.765. The second-order valence-corrected chi connectivity index (χ2v) is 5.45. The summed E-state index contributed by atoms with van der Waals surface area (Å²) in [5.41, 5.74) is 2.65. The lowest BCUT2D eigenvalue weighted by Gasteiger charge is -2.22. The zero-order valence-electron chi connectivity index (χ0n) is 12.7. The Hall–Kier alpha value is -0.830. The number of hydrogen-bond donors (Lipinski definition) is 1. The lowest BCUT2D eigenvalue weighted by atomic mass is 9.93. The SMILES string of the molecule is CCCNC(CC(C)CCC)c1cnn(C)c1C. The summed E-state index contributed by atoms with van der Waals surface area (Å²) in [6, 6.07) is 0.459. The maximum Gasteiger partial charge on any atom is 0.0540 e. The first-order valence-corrected chi connectivity index (χ1v) is 7.31. The van der Waals surface area contributed by atoms with Gasteiger partial charge in [0.15, 0.2) is 0 Å². The van der Waals surface area contributed by atoms with Gasteiger partial charge >= 0.3 is 0 Å². The second kappa shape index (κ2) is 7.57. The Morgan fingerprint density at radius 3 is 2.56 bits per heavy atom. The number of rotatable bonds is 8. The Bertz CT molecular complexity index is 344. The van der Waals surface area contributed by atoms with Crippen LogP contribution in [0.1, 0.15) is 63.8 Å². The van der Waals surface area contributed by atoms with Crippen molar-refractivity contribution in [3.63, 3.8) is 0 Å². The molecule has 0 bridgehead atoms. The smallest absolute Gasteiger partial charge is 0.0540 e. The fraction of sp³-hybridized carbons (Fsp3) is 0.800. The highest BCUT2D eigenvalue weighted by atomic mass is 15.3. The molecule has 1 aromatic rings. The van der Waals surface area contributed by atoms with Gasteiger partial charge in [0.2, 0.25) is 0 Å². The Morgan fingerprint density at radius 1 is 1.33 bits per heavy atom. The third-order valence-electron chi connectivity index (χ3n) is 3.71. The monoisotopic (exact) mass is 251 g/mol. The summed E-state index contributed by atoms with van der Waals surface area (Å²) in [5.74, 6) is 0.768. The van der Waals surface area contributed by atoms with Gasteiger partial charge in [0.25, 0.3) is 0 Å². The topological polar surface area (TPSA) is 29.9 Å². The van der Waals surface area contributed by atoms with Gasteiger partial charge in [0.1, 0.15) is 0 Å². The van der Waals surface area contributed by atoms with Gasteiger partial charge in [-0.15, -0.1) is 0 Å². The molecule has 0 aliphatic rings. The molecule has 2 unspecified atom stereocenters. The molecule has 3 heteroatoms. The molecular weight excluding hydrogens is 222 g/mol. The van der Waals surface area contributed by atoms with Crippen molar-refractivity contribution >= 4 is 0 Å². The van der Waals surface area contributed by atoms with Crippen LogP contribution in [0.2, 0.25) is 0 Å². The van der Waals surface area contributed by atoms with Gasteiger partial charge < -0.3 is 5.32 Å². The zero-order chi connectivity index (χ0) is 13.5. The third-order valence-corrected chi connectivity index (χ3v) is 3.71. The molecule has 3 nitrogen and oxygen atoms in total. The predicted octanol–water partition coefficient (Wildman–Crippen LogP) is 3.60. The van der Waals surface area contributed by atoms with Crippen LogP contribution >= 0.6 is 0 Å². The van der Waals surface area contributed by atoms with Crippen LogP contribution < -0.4 is 5.32 Å². The molecule has 0 saturated heterocycles. The highest BCUT2D eigenvalue weighted by Gasteiger charge is 2.18. The zero-order valence-corrected chi connectivity index (χ0v) is 12.7. The summed E-state index contributed by atoms with van der Waals surface area (Å²) in [5, 5.41) is 8.05. The number of nitrogens with one attached hydrogen (secondary N) is 1. The fourth-order valence-corrected chi connectivity index (χ4v) is 2.51. The molecule has 0 radical (unpaired) electrons. The maximum atomic E-state index is 4.38. The van der Waals surface area contributed by atoms with Crippen LogP contribution in [0.15, 0.2) is 6.20 Å². The lowest BCUT2D eigenvalue weighted by Crippen LogP contribution is -2.24. The summed E-state index contributed by atoms with van der Waals surface area (Å²) >= 11 is 0. The molecule has 0 aliphatic heterocycles. The van der Waals surface area contributed by atoms with Crippen molar-refractivity contribution < 1.29 is 0 Å². The van der Waals surface area contributed by atoms with Crippen LogP contribution in [-0.4, -0.2) is 16.3 Å². The van der Waals surface area contributed by atoms with E-state index in [1.54, 1.807) is 0 Å². The molecule has 1 rings (SSSR count). The molecule has 0 spiro atoms. The van der Waals surface area contributed by atoms with Gasteiger partial charge in [-0.3, -0.25) is 4.68 Å². The van der Waals surface area contributed by atoms with E-state index in [0.717, 1.165) is 12.5 Å². The van der Waals surface area contributed by atoms with Gasteiger partial charge in [-0.1, -0.05) is 33.6 Å². The third kappa shape index (κ3) is 4.13. The normalized spacial score (nSPS) is 14.7. The average molecular weight is 251 g/mol. The summed E-state index contributed by atoms with van der Waals surface area (Å²) < 4.78 is 1.97. The first-order chi connectivity index (χ1) is 8.60. The molecular formula is C15H29N3. The Morgan fingerprint density at radius 2 is 2.06 bits per heavy atom. The number of hydrogen-bond acceptors (Lipinski definition) is 2. The first-order valence-electron chi connectivity index (χ1n) is 7.31. The van der Waals surface area contributed by atoms with E-state index in [0.29, 0.717) is 6.04 Å². The van der Waals surface area contributed by atoms with Gasteiger partial charge in [-0.25, -0.2) is 0 Å². The lowest BCUT2D eigenvalue weighted by molar-refractivity contribution is 0.389. The molecule has 1 N–H and O–H groups in total. The second-order valence-electron chi connectivity index (χ2n) is 5.45. The largest absolute Gasteiger partial charge is 0.310 e. The Kier molecular flexibility index (Phi) is 6.41. The van der Waals surface area contributed by atoms with E-state index in [-0.39, 0.29) is 0 Å². The molecule has 18 heavy (non-hydrogen) atoms. The number of nitrogens with zero attached hydrogens (tertiary/aromatic N) is 2. The van der Waals surface area contributed by atoms with E-state index in [2.05, 4.69) is 38.1 Å². The van der Waals surface area contributed by atoms with Gasteiger partial charge in [-0.2, -0.15) is 5.10 Å². The van der Waals surface area contributed by atoms with E-state index >= 15 is 0 Å². The Labute approximate surface area is 112 Å². The van der Waals surface area contributed by atoms with E-state index in [4.69, 9.17) is 0 Å². The predicted molar refractivity (Wildman–Crippen MR) is 77.7 cm³/mol. The average Bonchev–Trinajstić information content (AvgIpc) is 2.66. The van der Waals surface area contributed by atoms with Gasteiger partial charge in [0, 0.05) is 24.3 Å². The minimum Gasteiger partial charge on any atom is -0.310 e. The standard InChI is InChI=1S/C15H29N3/c1-6-8-12(3)10-15(16-9-7-2)14-11-17-18(5)13(14)4/h11-12,15-16H,6-10H2,1-5H3. The molecule has 0 aromatic carbocycles. The summed E-state index contributed by atoms with van der Waals surface area (Å²) in [6.45, 7) is 10.1. The summed E-state index contributed by atoms with van der Waals surface area (Å²) in [7, 11) is 2.02. The maximum absolute atomic E-state index is 4.38. The van der Waals surface area contributed by atoms with Crippen molar-refractivity contribution in [1.29, 1.82) is 0 Å². The van der Waals surface area contributed by atoms with Crippen LogP contribution in [0.5, 0.6) is 0 Å². The van der Waals surface area contributed by atoms with Crippen molar-refractivity contribution in [2.45, 2.75) is 59.4 Å². The van der Waals surface area contributed by atoms with E-state index in [1.807, 2.05) is 17.9 Å². The molecule has 0 saturated carbocycles. The van der Waals surface area contributed by atoms with E-state index in [9.17, 15) is 0 Å². The minimum absolute atomic E-state index is 0.459. The fourth-order valence-electron chi connectivity index (χ4n) is 2.51. The molecule has 2 atom stereocenters. The molecule has 1 heterocycles. The molecule has 1 aromatic heterocycles. The first kappa shape index (κ1) is 15.2. The van der Waals surface area contributed by atoms with E-state index < -0.39 is 0 Å². The van der Waals surface area contributed by atoms with Crippen LogP contribution in [0.25, 0.3) is 0 Å². The van der Waals surface area contributed by atoms with Crippen LogP contribution in [-0.2, 0) is 7.05 Å². The molecule has 0 fully saturated rings. The van der Waals surface area contributed by atoms with Gasteiger partial charge in [0.05, 0.1) is 6.20 Å². The van der Waals surface area contributed by atoms with Crippen LogP contribution in [0, 0.1) is 12.8 Å². The van der Waals surface area contributed by atoms with E-state index in [1.165, 1.54) is 36.9 Å². The summed E-state index contributed by atoms with van der Waals surface area (Å²) in [6.07, 6.45) is 7.00. The van der Waals surface area contributed by atoms with Crippen molar-refractivity contribution in [3.8, 4) is 0 Å². The highest BCUT2D eigenvalue weighted by Crippen LogP contribution is 2.25. The van der Waals surface area contributed by atoms with Crippen molar-refractivity contribution in [2.24, 2.45) is 13.0 Å². The number of aromatic nitrogens is 2. The highest BCUT2D eigenvalue weighted by molar-refractivity contribution is 5.20. The number of aryl methyl sites for hydroxylation is 1. The minimum atomic E-state index is 0.459.